The average Bonchev–Trinajstić information content (AvgIpc) is 2.40. The van der Waals surface area contributed by atoms with E-state index in [4.69, 9.17) is 0 Å². The van der Waals surface area contributed by atoms with Gasteiger partial charge >= 0.3 is 29.6 Å². The maximum Gasteiger partial charge on any atom is 1.00 e. The molecule has 0 saturated heterocycles. The van der Waals surface area contributed by atoms with Crippen molar-refractivity contribution in [1.29, 1.82) is 0 Å². The van der Waals surface area contributed by atoms with E-state index in [0.29, 0.717) is 5.08 Å². The first-order valence-electron chi connectivity index (χ1n) is 5.37. The maximum absolute atomic E-state index is 12.0. The minimum Gasteiger partial charge on any atom is -0.256 e. The molecule has 0 unspecified atom stereocenters. The third-order valence-corrected chi connectivity index (χ3v) is 6.28. The molecular weight excluding hydrogens is 307 g/mol. The predicted octanol–water partition coefficient (Wildman–Crippen LogP) is -0.943. The molecule has 0 aliphatic heterocycles. The van der Waals surface area contributed by atoms with Crippen LogP contribution in [0, 0.1) is 5.08 Å². The third-order valence-electron chi connectivity index (χ3n) is 2.40. The van der Waals surface area contributed by atoms with Crippen molar-refractivity contribution >= 4 is 19.7 Å². The Bertz CT molecular complexity index is 687. The van der Waals surface area contributed by atoms with Crippen molar-refractivity contribution in [3.8, 4) is 0 Å². The molecule has 0 aromatic heterocycles. The van der Waals surface area contributed by atoms with Crippen LogP contribution in [0.1, 0.15) is 0 Å². The molecule has 0 saturated carbocycles. The van der Waals surface area contributed by atoms with Crippen LogP contribution in [-0.2, 0) is 19.7 Å². The first-order chi connectivity index (χ1) is 8.92. The van der Waals surface area contributed by atoms with Crippen LogP contribution < -0.4 is 29.6 Å². The quantitative estimate of drug-likeness (QED) is 0.539. The fraction of sp³-hybridized carbons (Fsp3) is 0. The van der Waals surface area contributed by atoms with E-state index in [2.05, 4.69) is 0 Å². The van der Waals surface area contributed by atoms with Crippen LogP contribution in [0.25, 0.3) is 0 Å². The molecule has 0 radical (unpaired) electrons. The van der Waals surface area contributed by atoms with Crippen LogP contribution in [-0.4, -0.2) is 16.8 Å². The van der Waals surface area contributed by atoms with Crippen molar-refractivity contribution in [2.75, 3.05) is 0 Å². The van der Waals surface area contributed by atoms with Gasteiger partial charge in [-0.2, -0.15) is 0 Å². The molecule has 2 rings (SSSR count). The first kappa shape index (κ1) is 17.4. The Morgan fingerprint density at radius 3 is 1.20 bits per heavy atom. The Kier molecular flexibility index (Phi) is 5.97. The smallest absolute Gasteiger partial charge is 0.256 e. The zero-order valence-electron chi connectivity index (χ0n) is 10.8. The van der Waals surface area contributed by atoms with Gasteiger partial charge in [0.1, 0.15) is 0 Å². The van der Waals surface area contributed by atoms with Gasteiger partial charge in [0.15, 0.2) is 0 Å². The minimum absolute atomic E-state index is 0. The van der Waals surface area contributed by atoms with Crippen LogP contribution >= 0.6 is 0 Å². The molecule has 0 aliphatic carbocycles. The molecule has 20 heavy (non-hydrogen) atoms. The average molecular weight is 318 g/mol. The summed E-state index contributed by atoms with van der Waals surface area (Å²) in [5, 5.41) is 0.394. The SMILES string of the molecule is O=S(=O)([CH-]S(=O)(=O)c1ccccc1)c1ccccc1.[Na+]. The van der Waals surface area contributed by atoms with Gasteiger partial charge in [-0.3, -0.25) is 16.8 Å². The van der Waals surface area contributed by atoms with Crippen LogP contribution in [0.15, 0.2) is 70.5 Å². The summed E-state index contributed by atoms with van der Waals surface area (Å²) >= 11 is 0. The summed E-state index contributed by atoms with van der Waals surface area (Å²) in [6.07, 6.45) is 0. The number of benzene rings is 2. The van der Waals surface area contributed by atoms with E-state index in [1.165, 1.54) is 48.5 Å². The van der Waals surface area contributed by atoms with Crippen molar-refractivity contribution in [2.45, 2.75) is 9.79 Å². The van der Waals surface area contributed by atoms with Gasteiger partial charge < -0.3 is 0 Å². The van der Waals surface area contributed by atoms with Gasteiger partial charge in [-0.05, 0) is 24.3 Å². The van der Waals surface area contributed by atoms with Gasteiger partial charge in [0.2, 0.25) is 0 Å². The van der Waals surface area contributed by atoms with Crippen molar-refractivity contribution in [2.24, 2.45) is 0 Å². The fourth-order valence-corrected chi connectivity index (χ4v) is 4.79. The van der Waals surface area contributed by atoms with Crippen LogP contribution in [0.3, 0.4) is 0 Å². The van der Waals surface area contributed by atoms with Crippen LogP contribution in [0.5, 0.6) is 0 Å². The Hall–Kier alpha value is -0.660. The first-order valence-corrected chi connectivity index (χ1v) is 8.46. The van der Waals surface area contributed by atoms with Crippen molar-refractivity contribution in [3.05, 3.63) is 65.7 Å². The summed E-state index contributed by atoms with van der Waals surface area (Å²) in [4.78, 5) is -0.0935. The molecule has 0 N–H and O–H groups in total. The van der Waals surface area contributed by atoms with E-state index in [1.54, 1.807) is 12.1 Å². The van der Waals surface area contributed by atoms with E-state index >= 15 is 0 Å². The summed E-state index contributed by atoms with van der Waals surface area (Å²) < 4.78 is 47.9. The fourth-order valence-electron chi connectivity index (χ4n) is 1.50. The monoisotopic (exact) mass is 318 g/mol. The van der Waals surface area contributed by atoms with Gasteiger partial charge in [0.25, 0.3) is 0 Å². The number of sulfone groups is 2. The summed E-state index contributed by atoms with van der Waals surface area (Å²) in [6, 6.07) is 14.9. The van der Waals surface area contributed by atoms with E-state index < -0.39 is 19.7 Å². The zero-order chi connectivity index (χ0) is 13.9. The van der Waals surface area contributed by atoms with E-state index in [1.807, 2.05) is 0 Å². The normalized spacial score (nSPS) is 11.6. The van der Waals surface area contributed by atoms with Crippen LogP contribution in [0.2, 0.25) is 0 Å². The van der Waals surface area contributed by atoms with Gasteiger partial charge in [0, 0.05) is 9.79 Å². The Morgan fingerprint density at radius 1 is 0.600 bits per heavy atom. The predicted molar refractivity (Wildman–Crippen MR) is 71.6 cm³/mol. The second-order valence-electron chi connectivity index (χ2n) is 3.81. The Morgan fingerprint density at radius 2 is 0.900 bits per heavy atom. The third kappa shape index (κ3) is 4.17. The van der Waals surface area contributed by atoms with Crippen molar-refractivity contribution in [3.63, 3.8) is 0 Å². The molecule has 100 valence electrons. The Balaban J connectivity index is 0.00000200. The molecule has 0 aliphatic rings. The van der Waals surface area contributed by atoms with E-state index in [9.17, 15) is 16.8 Å². The zero-order valence-corrected chi connectivity index (χ0v) is 14.4. The van der Waals surface area contributed by atoms with Gasteiger partial charge in [-0.15, -0.1) is 0 Å². The molecule has 2 aromatic carbocycles. The van der Waals surface area contributed by atoms with Crippen molar-refractivity contribution in [1.82, 2.24) is 0 Å². The topological polar surface area (TPSA) is 68.3 Å². The summed E-state index contributed by atoms with van der Waals surface area (Å²) in [5.41, 5.74) is 0. The van der Waals surface area contributed by atoms with Gasteiger partial charge in [0.05, 0.1) is 19.7 Å². The summed E-state index contributed by atoms with van der Waals surface area (Å²) in [7, 11) is -7.96. The molecule has 0 atom stereocenters. The molecule has 0 spiro atoms. The molecule has 4 nitrogen and oxygen atoms in total. The second-order valence-corrected chi connectivity index (χ2v) is 7.70. The van der Waals surface area contributed by atoms with Crippen LogP contribution in [0.4, 0.5) is 0 Å². The molecule has 0 heterocycles. The number of hydrogen-bond donors (Lipinski definition) is 0. The standard InChI is InChI=1S/C13H11O4S2.Na/c14-18(15,12-7-3-1-4-8-12)11-19(16,17)13-9-5-2-6-10-13;/h1-11H;/q-1;+1. The molecule has 0 fully saturated rings. The number of rotatable bonds is 4. The summed E-state index contributed by atoms with van der Waals surface area (Å²) in [6.45, 7) is 0. The van der Waals surface area contributed by atoms with Gasteiger partial charge in [-0.25, -0.2) is 0 Å². The van der Waals surface area contributed by atoms with Crippen molar-refractivity contribution < 1.29 is 46.4 Å². The number of hydrogen-bond acceptors (Lipinski definition) is 4. The van der Waals surface area contributed by atoms with Gasteiger partial charge in [-0.1, -0.05) is 41.5 Å². The molecular formula is C13H11NaO4S2. The largest absolute Gasteiger partial charge is 1.00 e. The Labute approximate surface area is 141 Å². The van der Waals surface area contributed by atoms with E-state index in [-0.39, 0.29) is 39.3 Å². The molecule has 0 amide bonds. The molecule has 2 aromatic rings. The second kappa shape index (κ2) is 6.87. The van der Waals surface area contributed by atoms with E-state index in [0.717, 1.165) is 0 Å². The minimum atomic E-state index is -3.98. The maximum atomic E-state index is 12.0. The molecule has 0 bridgehead atoms. The summed E-state index contributed by atoms with van der Waals surface area (Å²) in [5.74, 6) is 0. The molecule has 7 heteroatoms.